The van der Waals surface area contributed by atoms with Crippen LogP contribution in [0.4, 0.5) is 11.4 Å². The minimum absolute atomic E-state index is 0.0800. The summed E-state index contributed by atoms with van der Waals surface area (Å²) in [5.41, 5.74) is 1.46. The van der Waals surface area contributed by atoms with Crippen LogP contribution in [0.5, 0.6) is 5.75 Å². The number of nitrogens with one attached hydrogen (secondary N) is 2. The number of thiocarbonyl (C=S) groups is 1. The van der Waals surface area contributed by atoms with Gasteiger partial charge in [0.2, 0.25) is 0 Å². The predicted molar refractivity (Wildman–Crippen MR) is 134 cm³/mol. The fraction of sp³-hybridized carbons (Fsp3) is 0.167. The van der Waals surface area contributed by atoms with Gasteiger partial charge in [-0.2, -0.15) is 0 Å². The molecule has 0 saturated carbocycles. The molecule has 0 bridgehead atoms. The zero-order chi connectivity index (χ0) is 24.0. The summed E-state index contributed by atoms with van der Waals surface area (Å²) < 4.78 is 32.7. The van der Waals surface area contributed by atoms with Crippen LogP contribution in [0.3, 0.4) is 0 Å². The number of hydrogen-bond acceptors (Lipinski definition) is 5. The van der Waals surface area contributed by atoms with Gasteiger partial charge in [0.05, 0.1) is 22.3 Å². The molecule has 0 heterocycles. The van der Waals surface area contributed by atoms with Gasteiger partial charge in [0.15, 0.2) is 5.11 Å². The van der Waals surface area contributed by atoms with Gasteiger partial charge < -0.3 is 10.1 Å². The van der Waals surface area contributed by atoms with Gasteiger partial charge >= 0.3 is 0 Å². The fourth-order valence-electron chi connectivity index (χ4n) is 2.99. The second-order valence-electron chi connectivity index (χ2n) is 7.40. The Balaban J connectivity index is 1.67. The number of hydrogen-bond donors (Lipinski definition) is 2. The molecule has 0 spiro atoms. The van der Waals surface area contributed by atoms with Gasteiger partial charge in [0, 0.05) is 12.7 Å². The van der Waals surface area contributed by atoms with E-state index in [0.717, 1.165) is 0 Å². The summed E-state index contributed by atoms with van der Waals surface area (Å²) in [4.78, 5) is 12.8. The molecule has 9 heteroatoms. The highest BCUT2D eigenvalue weighted by molar-refractivity contribution is 7.92. The van der Waals surface area contributed by atoms with E-state index in [9.17, 15) is 13.2 Å². The number of sulfonamides is 1. The van der Waals surface area contributed by atoms with Crippen molar-refractivity contribution >= 4 is 44.6 Å². The molecule has 2 N–H and O–H groups in total. The molecule has 0 aromatic heterocycles. The van der Waals surface area contributed by atoms with Crippen molar-refractivity contribution in [1.82, 2.24) is 5.32 Å². The number of ether oxygens (including phenoxy) is 1. The highest BCUT2D eigenvalue weighted by atomic mass is 32.2. The molecule has 1 amide bonds. The molecule has 172 valence electrons. The Hall–Kier alpha value is -3.43. The monoisotopic (exact) mass is 483 g/mol. The van der Waals surface area contributed by atoms with E-state index in [1.165, 1.54) is 23.5 Å². The van der Waals surface area contributed by atoms with Crippen molar-refractivity contribution in [2.45, 2.75) is 24.8 Å². The molecule has 0 aliphatic carbocycles. The Labute approximate surface area is 199 Å². The average molecular weight is 484 g/mol. The van der Waals surface area contributed by atoms with Gasteiger partial charge in [-0.1, -0.05) is 30.3 Å². The first-order valence-electron chi connectivity index (χ1n) is 10.2. The van der Waals surface area contributed by atoms with Crippen LogP contribution in [0, 0.1) is 0 Å². The van der Waals surface area contributed by atoms with Gasteiger partial charge in [-0.25, -0.2) is 8.42 Å². The van der Waals surface area contributed by atoms with Gasteiger partial charge in [0.1, 0.15) is 5.75 Å². The molecule has 0 unspecified atom stereocenters. The molecule has 0 aliphatic rings. The highest BCUT2D eigenvalue weighted by Crippen LogP contribution is 2.23. The Morgan fingerprint density at radius 2 is 1.55 bits per heavy atom. The predicted octanol–water partition coefficient (Wildman–Crippen LogP) is 4.43. The third kappa shape index (κ3) is 6.09. The maximum absolute atomic E-state index is 12.9. The van der Waals surface area contributed by atoms with Crippen molar-refractivity contribution in [3.8, 4) is 5.75 Å². The van der Waals surface area contributed by atoms with Crippen molar-refractivity contribution in [2.75, 3.05) is 16.7 Å². The normalized spacial score (nSPS) is 11.0. The topological polar surface area (TPSA) is 87.7 Å². The van der Waals surface area contributed by atoms with Crippen LogP contribution < -0.4 is 19.7 Å². The van der Waals surface area contributed by atoms with Crippen molar-refractivity contribution in [3.05, 3.63) is 84.4 Å². The molecule has 3 aromatic carbocycles. The molecule has 33 heavy (non-hydrogen) atoms. The van der Waals surface area contributed by atoms with Gasteiger partial charge in [-0.05, 0) is 74.6 Å². The number of anilines is 2. The number of rotatable bonds is 7. The second-order valence-corrected chi connectivity index (χ2v) is 9.78. The van der Waals surface area contributed by atoms with Crippen molar-refractivity contribution in [2.24, 2.45) is 0 Å². The number of benzene rings is 3. The maximum atomic E-state index is 12.9. The summed E-state index contributed by atoms with van der Waals surface area (Å²) in [6.45, 7) is 3.75. The first-order chi connectivity index (χ1) is 15.7. The third-order valence-electron chi connectivity index (χ3n) is 4.61. The Bertz CT molecular complexity index is 1230. The summed E-state index contributed by atoms with van der Waals surface area (Å²) in [7, 11) is -2.22. The standard InChI is InChI=1S/C24H25N3O4S2/c1-17(2)31-22-12-8-7-11-21(22)23(28)26-24(32)25-18-13-15-20(16-14-18)33(29,30)27(3)19-9-5-4-6-10-19/h4-17H,1-3H3,(H2,25,26,28,32). The smallest absolute Gasteiger partial charge is 0.264 e. The number of para-hydroxylation sites is 2. The lowest BCUT2D eigenvalue weighted by atomic mass is 10.2. The van der Waals surface area contributed by atoms with Crippen LogP contribution in [0.15, 0.2) is 83.8 Å². The van der Waals surface area contributed by atoms with Crippen LogP contribution >= 0.6 is 12.2 Å². The lowest BCUT2D eigenvalue weighted by molar-refractivity contribution is 0.0972. The number of carbonyl (C=O) groups is 1. The average Bonchev–Trinajstić information content (AvgIpc) is 2.79. The minimum Gasteiger partial charge on any atom is -0.490 e. The van der Waals surface area contributed by atoms with E-state index in [-0.39, 0.29) is 16.1 Å². The van der Waals surface area contributed by atoms with Crippen LogP contribution in [0.2, 0.25) is 0 Å². The van der Waals surface area contributed by atoms with Crippen molar-refractivity contribution in [3.63, 3.8) is 0 Å². The third-order valence-corrected chi connectivity index (χ3v) is 6.62. The summed E-state index contributed by atoms with van der Waals surface area (Å²) in [5.74, 6) is 0.0531. The zero-order valence-electron chi connectivity index (χ0n) is 18.5. The van der Waals surface area contributed by atoms with Crippen LogP contribution in [0.25, 0.3) is 0 Å². The molecule has 0 saturated heterocycles. The van der Waals surface area contributed by atoms with E-state index in [0.29, 0.717) is 22.7 Å². The Morgan fingerprint density at radius 1 is 0.939 bits per heavy atom. The van der Waals surface area contributed by atoms with E-state index in [1.54, 1.807) is 60.7 Å². The van der Waals surface area contributed by atoms with Gasteiger partial charge in [-0.3, -0.25) is 14.4 Å². The summed E-state index contributed by atoms with van der Waals surface area (Å²) in [5, 5.41) is 5.59. The first-order valence-corrected chi connectivity index (χ1v) is 12.1. The molecular weight excluding hydrogens is 458 g/mol. The highest BCUT2D eigenvalue weighted by Gasteiger charge is 2.21. The van der Waals surface area contributed by atoms with E-state index >= 15 is 0 Å². The van der Waals surface area contributed by atoms with Crippen molar-refractivity contribution < 1.29 is 17.9 Å². The number of carbonyl (C=O) groups excluding carboxylic acids is 1. The summed E-state index contributed by atoms with van der Waals surface area (Å²) in [6.07, 6.45) is -0.0836. The Kier molecular flexibility index (Phi) is 7.67. The fourth-order valence-corrected chi connectivity index (χ4v) is 4.39. The molecule has 3 rings (SSSR count). The molecule has 7 nitrogen and oxygen atoms in total. The van der Waals surface area contributed by atoms with Crippen LogP contribution in [-0.4, -0.2) is 32.6 Å². The molecule has 0 atom stereocenters. The zero-order valence-corrected chi connectivity index (χ0v) is 20.1. The number of amides is 1. The van der Waals surface area contributed by atoms with E-state index in [1.807, 2.05) is 19.9 Å². The van der Waals surface area contributed by atoms with Gasteiger partial charge in [0.25, 0.3) is 15.9 Å². The van der Waals surface area contributed by atoms with Gasteiger partial charge in [-0.15, -0.1) is 0 Å². The quantitative estimate of drug-likeness (QED) is 0.484. The lowest BCUT2D eigenvalue weighted by Crippen LogP contribution is -2.34. The largest absolute Gasteiger partial charge is 0.490 e. The molecule has 3 aromatic rings. The van der Waals surface area contributed by atoms with Crippen LogP contribution in [0.1, 0.15) is 24.2 Å². The van der Waals surface area contributed by atoms with E-state index in [2.05, 4.69) is 10.6 Å². The second kappa shape index (κ2) is 10.5. The summed E-state index contributed by atoms with van der Waals surface area (Å²) >= 11 is 5.24. The lowest BCUT2D eigenvalue weighted by Gasteiger charge is -2.19. The van der Waals surface area contributed by atoms with Crippen molar-refractivity contribution in [1.29, 1.82) is 0 Å². The van der Waals surface area contributed by atoms with Crippen LogP contribution in [-0.2, 0) is 10.0 Å². The van der Waals surface area contributed by atoms with E-state index < -0.39 is 15.9 Å². The minimum atomic E-state index is -3.72. The number of nitrogens with zero attached hydrogens (tertiary/aromatic N) is 1. The molecule has 0 fully saturated rings. The van der Waals surface area contributed by atoms with E-state index in [4.69, 9.17) is 17.0 Å². The summed E-state index contributed by atoms with van der Waals surface area (Å²) in [6, 6.07) is 21.8. The molecule has 0 aliphatic heterocycles. The first kappa shape index (κ1) is 24.2. The Morgan fingerprint density at radius 3 is 2.18 bits per heavy atom. The molecule has 0 radical (unpaired) electrons. The SMILES string of the molecule is CC(C)Oc1ccccc1C(=O)NC(=S)Nc1ccc(S(=O)(=O)N(C)c2ccccc2)cc1. The maximum Gasteiger partial charge on any atom is 0.264 e. The molecular formula is C24H25N3O4S2.